The summed E-state index contributed by atoms with van der Waals surface area (Å²) in [7, 11) is 0. The molecule has 1 aliphatic heterocycles. The number of rotatable bonds is 4. The Labute approximate surface area is 130 Å². The first-order valence-electron chi connectivity index (χ1n) is 7.03. The Morgan fingerprint density at radius 2 is 2.29 bits per heavy atom. The summed E-state index contributed by atoms with van der Waals surface area (Å²) in [5.74, 6) is -0.352. The van der Waals surface area contributed by atoms with Gasteiger partial charge in [0.2, 0.25) is 0 Å². The lowest BCUT2D eigenvalue weighted by Crippen LogP contribution is -2.55. The fourth-order valence-corrected chi connectivity index (χ4v) is 3.08. The fraction of sp³-hybridized carbons (Fsp3) is 0.615. The van der Waals surface area contributed by atoms with Crippen LogP contribution in [0.1, 0.15) is 12.8 Å². The summed E-state index contributed by atoms with van der Waals surface area (Å²) in [6.07, 6.45) is 3.88. The molecule has 2 aliphatic rings. The van der Waals surface area contributed by atoms with E-state index in [4.69, 9.17) is 0 Å². The van der Waals surface area contributed by atoms with E-state index in [1.54, 1.807) is 11.1 Å². The number of hydrogen-bond donors (Lipinski definition) is 2. The molecule has 2 heterocycles. The summed E-state index contributed by atoms with van der Waals surface area (Å²) >= 11 is 3.33. The first-order valence-corrected chi connectivity index (χ1v) is 7.83. The number of carbonyl (C=O) groups is 1. The van der Waals surface area contributed by atoms with Crippen molar-refractivity contribution in [2.24, 2.45) is 5.92 Å². The Morgan fingerprint density at radius 3 is 2.95 bits per heavy atom. The standard InChI is InChI=1S/C13H17BrN4O3/c14-11-9(17-4-3-15-5-10(17)13(20)21)6-16-18(12(11)19)7-8-1-2-8/h6,8,10,15H,1-5,7H2,(H,20,21). The van der Waals surface area contributed by atoms with Crippen LogP contribution >= 0.6 is 15.9 Å². The first-order chi connectivity index (χ1) is 10.1. The normalized spacial score (nSPS) is 22.3. The summed E-state index contributed by atoms with van der Waals surface area (Å²) < 4.78 is 1.86. The molecule has 1 aromatic heterocycles. The van der Waals surface area contributed by atoms with Crippen LogP contribution in [-0.4, -0.2) is 46.5 Å². The first kappa shape index (κ1) is 14.5. The van der Waals surface area contributed by atoms with Crippen LogP contribution in [0.3, 0.4) is 0 Å². The molecule has 0 aromatic carbocycles. The van der Waals surface area contributed by atoms with E-state index in [1.807, 2.05) is 0 Å². The summed E-state index contributed by atoms with van der Waals surface area (Å²) in [6, 6.07) is -0.685. The van der Waals surface area contributed by atoms with E-state index in [2.05, 4.69) is 26.3 Å². The van der Waals surface area contributed by atoms with Crippen LogP contribution in [0.4, 0.5) is 5.69 Å². The van der Waals surface area contributed by atoms with Gasteiger partial charge in [-0.25, -0.2) is 9.48 Å². The van der Waals surface area contributed by atoms with Crippen LogP contribution in [0.25, 0.3) is 0 Å². The Hall–Kier alpha value is -1.41. The molecule has 1 unspecified atom stereocenters. The third kappa shape index (κ3) is 2.96. The predicted molar refractivity (Wildman–Crippen MR) is 80.6 cm³/mol. The van der Waals surface area contributed by atoms with Crippen molar-refractivity contribution in [2.75, 3.05) is 24.5 Å². The highest BCUT2D eigenvalue weighted by molar-refractivity contribution is 9.10. The van der Waals surface area contributed by atoms with Crippen LogP contribution in [0, 0.1) is 5.92 Å². The molecule has 0 bridgehead atoms. The van der Waals surface area contributed by atoms with E-state index < -0.39 is 12.0 Å². The van der Waals surface area contributed by atoms with Crippen LogP contribution in [0.2, 0.25) is 0 Å². The summed E-state index contributed by atoms with van der Waals surface area (Å²) in [5, 5.41) is 16.6. The molecular weight excluding hydrogens is 340 g/mol. The number of carboxylic acids is 1. The van der Waals surface area contributed by atoms with E-state index in [0.29, 0.717) is 42.3 Å². The average Bonchev–Trinajstić information content (AvgIpc) is 3.28. The van der Waals surface area contributed by atoms with Gasteiger partial charge in [-0.1, -0.05) is 0 Å². The van der Waals surface area contributed by atoms with Gasteiger partial charge in [-0.3, -0.25) is 4.79 Å². The number of halogens is 1. The lowest BCUT2D eigenvalue weighted by atomic mass is 10.2. The number of carboxylic acid groups (broad SMARTS) is 1. The van der Waals surface area contributed by atoms with Gasteiger partial charge in [0.05, 0.1) is 11.9 Å². The maximum absolute atomic E-state index is 12.3. The van der Waals surface area contributed by atoms with Crippen molar-refractivity contribution in [2.45, 2.75) is 25.4 Å². The minimum atomic E-state index is -0.906. The monoisotopic (exact) mass is 356 g/mol. The van der Waals surface area contributed by atoms with Crippen LogP contribution < -0.4 is 15.8 Å². The van der Waals surface area contributed by atoms with Crippen molar-refractivity contribution in [3.8, 4) is 0 Å². The van der Waals surface area contributed by atoms with Gasteiger partial charge in [0.1, 0.15) is 10.5 Å². The lowest BCUT2D eigenvalue weighted by Gasteiger charge is -2.35. The van der Waals surface area contributed by atoms with Crippen LogP contribution in [-0.2, 0) is 11.3 Å². The second kappa shape index (κ2) is 5.76. The number of nitrogens with zero attached hydrogens (tertiary/aromatic N) is 3. The number of anilines is 1. The quantitative estimate of drug-likeness (QED) is 0.805. The second-order valence-electron chi connectivity index (χ2n) is 5.53. The van der Waals surface area contributed by atoms with E-state index in [-0.39, 0.29) is 5.56 Å². The van der Waals surface area contributed by atoms with Gasteiger partial charge in [-0.2, -0.15) is 5.10 Å². The van der Waals surface area contributed by atoms with Crippen LogP contribution in [0.5, 0.6) is 0 Å². The zero-order chi connectivity index (χ0) is 15.0. The van der Waals surface area contributed by atoms with E-state index >= 15 is 0 Å². The number of hydrogen-bond acceptors (Lipinski definition) is 5. The third-order valence-electron chi connectivity index (χ3n) is 3.93. The Morgan fingerprint density at radius 1 is 1.52 bits per heavy atom. The molecule has 7 nitrogen and oxygen atoms in total. The van der Waals surface area contributed by atoms with Gasteiger partial charge in [0.15, 0.2) is 0 Å². The molecule has 1 saturated carbocycles. The Kier molecular flexibility index (Phi) is 3.99. The van der Waals surface area contributed by atoms with Gasteiger partial charge in [0, 0.05) is 26.2 Å². The molecule has 1 aromatic rings. The van der Waals surface area contributed by atoms with E-state index in [1.165, 1.54) is 4.68 Å². The topological polar surface area (TPSA) is 87.5 Å². The summed E-state index contributed by atoms with van der Waals surface area (Å²) in [6.45, 7) is 2.21. The molecule has 8 heteroatoms. The molecule has 0 spiro atoms. The largest absolute Gasteiger partial charge is 0.480 e. The summed E-state index contributed by atoms with van der Waals surface area (Å²) in [5.41, 5.74) is 0.364. The highest BCUT2D eigenvalue weighted by Crippen LogP contribution is 2.30. The maximum Gasteiger partial charge on any atom is 0.327 e. The Balaban J connectivity index is 1.91. The number of piperazine rings is 1. The number of aromatic nitrogens is 2. The van der Waals surface area contributed by atoms with Gasteiger partial charge in [-0.15, -0.1) is 0 Å². The average molecular weight is 357 g/mol. The minimum absolute atomic E-state index is 0.193. The van der Waals surface area contributed by atoms with Gasteiger partial charge < -0.3 is 15.3 Å². The van der Waals surface area contributed by atoms with Gasteiger partial charge in [0.25, 0.3) is 5.56 Å². The zero-order valence-electron chi connectivity index (χ0n) is 11.5. The number of aliphatic carboxylic acids is 1. The van der Waals surface area contributed by atoms with Gasteiger partial charge >= 0.3 is 5.97 Å². The van der Waals surface area contributed by atoms with E-state index in [0.717, 1.165) is 12.8 Å². The highest BCUT2D eigenvalue weighted by atomic mass is 79.9. The molecule has 3 rings (SSSR count). The van der Waals surface area contributed by atoms with Crippen LogP contribution in [0.15, 0.2) is 15.5 Å². The molecule has 21 heavy (non-hydrogen) atoms. The second-order valence-corrected chi connectivity index (χ2v) is 6.32. The van der Waals surface area contributed by atoms with Crippen molar-refractivity contribution in [1.29, 1.82) is 0 Å². The molecule has 1 atom stereocenters. The fourth-order valence-electron chi connectivity index (χ4n) is 2.54. The molecule has 1 aliphatic carbocycles. The molecule has 0 radical (unpaired) electrons. The molecular formula is C13H17BrN4O3. The lowest BCUT2D eigenvalue weighted by molar-refractivity contribution is -0.138. The number of nitrogens with one attached hydrogen (secondary N) is 1. The zero-order valence-corrected chi connectivity index (χ0v) is 13.0. The van der Waals surface area contributed by atoms with Gasteiger partial charge in [-0.05, 0) is 34.7 Å². The molecule has 1 saturated heterocycles. The molecule has 114 valence electrons. The highest BCUT2D eigenvalue weighted by Gasteiger charge is 2.31. The third-order valence-corrected chi connectivity index (χ3v) is 4.68. The van der Waals surface area contributed by atoms with Crippen molar-refractivity contribution in [3.05, 3.63) is 21.0 Å². The minimum Gasteiger partial charge on any atom is -0.480 e. The predicted octanol–water partition coefficient (Wildman–Crippen LogP) is 0.279. The van der Waals surface area contributed by atoms with E-state index in [9.17, 15) is 14.7 Å². The van der Waals surface area contributed by atoms with Crippen molar-refractivity contribution < 1.29 is 9.90 Å². The molecule has 2 fully saturated rings. The SMILES string of the molecule is O=C(O)C1CNCCN1c1cnn(CC2CC2)c(=O)c1Br. The van der Waals surface area contributed by atoms with Crippen molar-refractivity contribution in [3.63, 3.8) is 0 Å². The molecule has 2 N–H and O–H groups in total. The maximum atomic E-state index is 12.3. The summed E-state index contributed by atoms with van der Waals surface area (Å²) in [4.78, 5) is 25.4. The Bertz CT molecular complexity index is 614. The molecule has 0 amide bonds. The van der Waals surface area contributed by atoms with Crippen molar-refractivity contribution >= 4 is 27.6 Å². The van der Waals surface area contributed by atoms with Crippen molar-refractivity contribution in [1.82, 2.24) is 15.1 Å². The smallest absolute Gasteiger partial charge is 0.327 e.